The summed E-state index contributed by atoms with van der Waals surface area (Å²) in [5.74, 6) is 0.328. The molecular weight excluding hydrogens is 342 g/mol. The first-order chi connectivity index (χ1) is 13.0. The van der Waals surface area contributed by atoms with Gasteiger partial charge in [0.2, 0.25) is 5.88 Å². The predicted octanol–water partition coefficient (Wildman–Crippen LogP) is 2.96. The Bertz CT molecular complexity index is 934. The number of nitrogens with one attached hydrogen (secondary N) is 1. The molecular formula is C20H23N5O2. The van der Waals surface area contributed by atoms with E-state index in [-0.39, 0.29) is 11.9 Å². The Balaban J connectivity index is 1.66. The fraction of sp³-hybridized carbons (Fsp3) is 0.300. The number of aryl methyl sites for hydroxylation is 2. The minimum absolute atomic E-state index is 0.0748. The number of ether oxygens (including phenoxy) is 1. The molecule has 0 aliphatic rings. The van der Waals surface area contributed by atoms with Gasteiger partial charge < -0.3 is 10.1 Å². The number of amides is 1. The SMILES string of the molecule is COc1nccnc1-c1ccc(C(=O)NC[C@@H](C)n2nc(C)cc2C)cc1. The van der Waals surface area contributed by atoms with Crippen LogP contribution in [0, 0.1) is 13.8 Å². The molecule has 0 saturated carbocycles. The summed E-state index contributed by atoms with van der Waals surface area (Å²) in [5.41, 5.74) is 4.12. The summed E-state index contributed by atoms with van der Waals surface area (Å²) in [5, 5.41) is 7.43. The van der Waals surface area contributed by atoms with E-state index in [9.17, 15) is 4.79 Å². The molecule has 2 heterocycles. The van der Waals surface area contributed by atoms with Crippen LogP contribution >= 0.6 is 0 Å². The van der Waals surface area contributed by atoms with E-state index in [1.54, 1.807) is 31.6 Å². The van der Waals surface area contributed by atoms with Gasteiger partial charge in [0.15, 0.2) is 0 Å². The number of hydrogen-bond donors (Lipinski definition) is 1. The van der Waals surface area contributed by atoms with Crippen molar-refractivity contribution in [1.82, 2.24) is 25.1 Å². The zero-order chi connectivity index (χ0) is 19.4. The van der Waals surface area contributed by atoms with Crippen molar-refractivity contribution >= 4 is 5.91 Å². The van der Waals surface area contributed by atoms with E-state index in [0.29, 0.717) is 23.7 Å². The minimum atomic E-state index is -0.124. The molecule has 0 unspecified atom stereocenters. The van der Waals surface area contributed by atoms with Gasteiger partial charge >= 0.3 is 0 Å². The van der Waals surface area contributed by atoms with Crippen LogP contribution in [0.2, 0.25) is 0 Å². The lowest BCUT2D eigenvalue weighted by Gasteiger charge is -2.15. The smallest absolute Gasteiger partial charge is 0.251 e. The predicted molar refractivity (Wildman–Crippen MR) is 103 cm³/mol. The molecule has 3 rings (SSSR count). The Labute approximate surface area is 158 Å². The normalized spacial score (nSPS) is 11.9. The van der Waals surface area contributed by atoms with Gasteiger partial charge in [-0.25, -0.2) is 9.97 Å². The van der Waals surface area contributed by atoms with E-state index in [0.717, 1.165) is 17.0 Å². The molecule has 1 atom stereocenters. The number of hydrogen-bond acceptors (Lipinski definition) is 5. The second kappa shape index (κ2) is 7.99. The van der Waals surface area contributed by atoms with Gasteiger partial charge in [0.05, 0.1) is 18.8 Å². The molecule has 3 aromatic rings. The van der Waals surface area contributed by atoms with Crippen molar-refractivity contribution in [1.29, 1.82) is 0 Å². The fourth-order valence-electron chi connectivity index (χ4n) is 2.97. The van der Waals surface area contributed by atoms with Crippen LogP contribution in [0.3, 0.4) is 0 Å². The summed E-state index contributed by atoms with van der Waals surface area (Å²) in [6.07, 6.45) is 3.19. The van der Waals surface area contributed by atoms with Gasteiger partial charge in [0.1, 0.15) is 5.69 Å². The van der Waals surface area contributed by atoms with E-state index in [1.807, 2.05) is 43.7 Å². The Morgan fingerprint density at radius 1 is 1.19 bits per heavy atom. The minimum Gasteiger partial charge on any atom is -0.479 e. The lowest BCUT2D eigenvalue weighted by molar-refractivity contribution is 0.0947. The van der Waals surface area contributed by atoms with Gasteiger partial charge in [0.25, 0.3) is 5.91 Å². The first kappa shape index (κ1) is 18.6. The molecule has 0 bridgehead atoms. The molecule has 0 radical (unpaired) electrons. The molecule has 7 heteroatoms. The third kappa shape index (κ3) is 4.13. The van der Waals surface area contributed by atoms with Crippen molar-refractivity contribution in [3.63, 3.8) is 0 Å². The molecule has 140 valence electrons. The monoisotopic (exact) mass is 365 g/mol. The number of carbonyl (C=O) groups excluding carboxylic acids is 1. The average molecular weight is 365 g/mol. The molecule has 1 amide bonds. The molecule has 1 N–H and O–H groups in total. The highest BCUT2D eigenvalue weighted by Crippen LogP contribution is 2.25. The summed E-state index contributed by atoms with van der Waals surface area (Å²) in [6, 6.07) is 9.32. The summed E-state index contributed by atoms with van der Waals surface area (Å²) < 4.78 is 7.16. The number of nitrogens with zero attached hydrogens (tertiary/aromatic N) is 4. The van der Waals surface area contributed by atoms with Gasteiger partial charge in [-0.3, -0.25) is 9.48 Å². The van der Waals surface area contributed by atoms with Crippen LogP contribution in [0.15, 0.2) is 42.7 Å². The van der Waals surface area contributed by atoms with Gasteiger partial charge in [-0.15, -0.1) is 0 Å². The van der Waals surface area contributed by atoms with E-state index >= 15 is 0 Å². The van der Waals surface area contributed by atoms with Crippen molar-refractivity contribution in [2.75, 3.05) is 13.7 Å². The first-order valence-electron chi connectivity index (χ1n) is 8.76. The summed E-state index contributed by atoms with van der Waals surface area (Å²) in [7, 11) is 1.55. The van der Waals surface area contributed by atoms with Crippen LogP contribution < -0.4 is 10.1 Å². The Morgan fingerprint density at radius 2 is 1.89 bits per heavy atom. The molecule has 1 aromatic carbocycles. The topological polar surface area (TPSA) is 81.9 Å². The van der Waals surface area contributed by atoms with Crippen LogP contribution in [-0.4, -0.2) is 39.3 Å². The number of carbonyl (C=O) groups is 1. The van der Waals surface area contributed by atoms with Crippen LogP contribution in [0.25, 0.3) is 11.3 Å². The Morgan fingerprint density at radius 3 is 2.52 bits per heavy atom. The summed E-state index contributed by atoms with van der Waals surface area (Å²) in [4.78, 5) is 20.9. The lowest BCUT2D eigenvalue weighted by Crippen LogP contribution is -2.30. The highest BCUT2D eigenvalue weighted by atomic mass is 16.5. The van der Waals surface area contributed by atoms with Crippen LogP contribution in [0.4, 0.5) is 0 Å². The van der Waals surface area contributed by atoms with Gasteiger partial charge in [-0.1, -0.05) is 12.1 Å². The van der Waals surface area contributed by atoms with Crippen molar-refractivity contribution in [3.05, 3.63) is 59.7 Å². The number of benzene rings is 1. The first-order valence-corrected chi connectivity index (χ1v) is 8.76. The Kier molecular flexibility index (Phi) is 5.49. The van der Waals surface area contributed by atoms with Crippen LogP contribution in [-0.2, 0) is 0 Å². The molecule has 2 aromatic heterocycles. The molecule has 0 saturated heterocycles. The number of methoxy groups -OCH3 is 1. The standard InChI is InChI=1S/C20H23N5O2/c1-13-11-14(2)25(24-13)15(3)12-23-19(26)17-7-5-16(6-8-17)18-20(27-4)22-10-9-21-18/h5-11,15H,12H2,1-4H3,(H,23,26)/t15-/m1/s1. The molecule has 0 aliphatic carbocycles. The maximum Gasteiger partial charge on any atom is 0.251 e. The summed E-state index contributed by atoms with van der Waals surface area (Å²) in [6.45, 7) is 6.50. The Hall–Kier alpha value is -3.22. The largest absolute Gasteiger partial charge is 0.479 e. The molecule has 0 spiro atoms. The van der Waals surface area contributed by atoms with Crippen LogP contribution in [0.1, 0.15) is 34.7 Å². The third-order valence-electron chi connectivity index (χ3n) is 4.30. The highest BCUT2D eigenvalue weighted by Gasteiger charge is 2.13. The van der Waals surface area contributed by atoms with E-state index in [2.05, 4.69) is 20.4 Å². The van der Waals surface area contributed by atoms with E-state index in [4.69, 9.17) is 4.74 Å². The van der Waals surface area contributed by atoms with Gasteiger partial charge in [-0.05, 0) is 39.0 Å². The molecule has 0 fully saturated rings. The second-order valence-corrected chi connectivity index (χ2v) is 6.42. The van der Waals surface area contributed by atoms with Crippen molar-refractivity contribution < 1.29 is 9.53 Å². The van der Waals surface area contributed by atoms with Crippen molar-refractivity contribution in [2.24, 2.45) is 0 Å². The third-order valence-corrected chi connectivity index (χ3v) is 4.30. The maximum absolute atomic E-state index is 12.4. The van der Waals surface area contributed by atoms with Crippen molar-refractivity contribution in [3.8, 4) is 17.1 Å². The lowest BCUT2D eigenvalue weighted by atomic mass is 10.1. The average Bonchev–Trinajstić information content (AvgIpc) is 3.04. The van der Waals surface area contributed by atoms with Crippen LogP contribution in [0.5, 0.6) is 5.88 Å². The zero-order valence-corrected chi connectivity index (χ0v) is 15.9. The van der Waals surface area contributed by atoms with E-state index in [1.165, 1.54) is 0 Å². The molecule has 27 heavy (non-hydrogen) atoms. The number of rotatable bonds is 6. The fourth-order valence-corrected chi connectivity index (χ4v) is 2.97. The maximum atomic E-state index is 12.4. The number of aromatic nitrogens is 4. The van der Waals surface area contributed by atoms with Crippen molar-refractivity contribution in [2.45, 2.75) is 26.8 Å². The van der Waals surface area contributed by atoms with Gasteiger partial charge in [0, 0.05) is 35.8 Å². The zero-order valence-electron chi connectivity index (χ0n) is 15.9. The summed E-state index contributed by atoms with van der Waals surface area (Å²) >= 11 is 0. The molecule has 0 aliphatic heterocycles. The van der Waals surface area contributed by atoms with Gasteiger partial charge in [-0.2, -0.15) is 5.10 Å². The quantitative estimate of drug-likeness (QED) is 0.726. The molecule has 7 nitrogen and oxygen atoms in total. The van der Waals surface area contributed by atoms with E-state index < -0.39 is 0 Å². The highest BCUT2D eigenvalue weighted by molar-refractivity contribution is 5.94. The second-order valence-electron chi connectivity index (χ2n) is 6.42.